The summed E-state index contributed by atoms with van der Waals surface area (Å²) in [5.41, 5.74) is 6.02. The van der Waals surface area contributed by atoms with Crippen LogP contribution in [0.15, 0.2) is 11.1 Å². The first-order valence-electron chi connectivity index (χ1n) is 4.94. The van der Waals surface area contributed by atoms with E-state index in [1.54, 1.807) is 0 Å². The molecule has 0 amide bonds. The highest BCUT2D eigenvalue weighted by Gasteiger charge is 2.24. The third-order valence-corrected chi connectivity index (χ3v) is 3.05. The molecule has 1 heterocycles. The van der Waals surface area contributed by atoms with Gasteiger partial charge in [0, 0.05) is 30.2 Å². The van der Waals surface area contributed by atoms with Gasteiger partial charge in [-0.3, -0.25) is 4.90 Å². The fourth-order valence-electron chi connectivity index (χ4n) is 1.94. The van der Waals surface area contributed by atoms with E-state index in [9.17, 15) is 0 Å². The second-order valence-electron chi connectivity index (χ2n) is 3.87. The molecule has 13 heavy (non-hydrogen) atoms. The van der Waals surface area contributed by atoms with Crippen molar-refractivity contribution >= 4 is 15.9 Å². The van der Waals surface area contributed by atoms with Gasteiger partial charge in [0.05, 0.1) is 0 Å². The Hall–Kier alpha value is 0.140. The van der Waals surface area contributed by atoms with Crippen molar-refractivity contribution in [3.8, 4) is 0 Å². The molecule has 0 aromatic heterocycles. The number of piperidine rings is 1. The molecule has 0 bridgehead atoms. The predicted molar refractivity (Wildman–Crippen MR) is 60.9 cm³/mol. The molecule has 1 aliphatic heterocycles. The summed E-state index contributed by atoms with van der Waals surface area (Å²) >= 11 is 3.40. The largest absolute Gasteiger partial charge is 0.327 e. The van der Waals surface area contributed by atoms with Gasteiger partial charge in [0.25, 0.3) is 0 Å². The van der Waals surface area contributed by atoms with Crippen LogP contribution in [0.1, 0.15) is 19.8 Å². The zero-order valence-corrected chi connectivity index (χ0v) is 9.89. The highest BCUT2D eigenvalue weighted by molar-refractivity contribution is 9.11. The van der Waals surface area contributed by atoms with E-state index in [2.05, 4.69) is 34.3 Å². The maximum absolute atomic E-state index is 6.02. The molecule has 0 radical (unpaired) electrons. The predicted octanol–water partition coefficient (Wildman–Crippen LogP) is 1.95. The van der Waals surface area contributed by atoms with Crippen molar-refractivity contribution in [2.75, 3.05) is 19.6 Å². The Morgan fingerprint density at radius 1 is 1.69 bits per heavy atom. The maximum Gasteiger partial charge on any atom is 0.0294 e. The number of hydrogen-bond donors (Lipinski definition) is 1. The van der Waals surface area contributed by atoms with Gasteiger partial charge < -0.3 is 5.73 Å². The second kappa shape index (κ2) is 5.13. The highest BCUT2D eigenvalue weighted by Crippen LogP contribution is 2.19. The van der Waals surface area contributed by atoms with E-state index in [1.165, 1.54) is 6.42 Å². The first-order chi connectivity index (χ1) is 6.13. The molecule has 0 aromatic carbocycles. The molecular formula is C10H19BrN2. The van der Waals surface area contributed by atoms with Crippen LogP contribution in [0.25, 0.3) is 0 Å². The molecule has 0 aliphatic carbocycles. The highest BCUT2D eigenvalue weighted by atomic mass is 79.9. The van der Waals surface area contributed by atoms with Gasteiger partial charge in [-0.05, 0) is 12.3 Å². The molecule has 2 atom stereocenters. The molecule has 2 N–H and O–H groups in total. The van der Waals surface area contributed by atoms with Crippen molar-refractivity contribution in [2.24, 2.45) is 11.7 Å². The van der Waals surface area contributed by atoms with E-state index in [0.717, 1.165) is 30.5 Å². The fourth-order valence-corrected chi connectivity index (χ4v) is 2.30. The third kappa shape index (κ3) is 3.41. The van der Waals surface area contributed by atoms with Crippen molar-refractivity contribution in [3.05, 3.63) is 11.1 Å². The standard InChI is InChI=1S/C10H19BrN2/c1-3-9-7-13(6-8(2)11)5-4-10(9)12/h9-10H,2-7,12H2,1H3. The topological polar surface area (TPSA) is 29.3 Å². The Morgan fingerprint density at radius 2 is 2.38 bits per heavy atom. The van der Waals surface area contributed by atoms with E-state index in [-0.39, 0.29) is 0 Å². The Balaban J connectivity index is 2.40. The molecular weight excluding hydrogens is 228 g/mol. The molecule has 1 saturated heterocycles. The van der Waals surface area contributed by atoms with E-state index in [0.29, 0.717) is 12.0 Å². The van der Waals surface area contributed by atoms with Crippen molar-refractivity contribution in [1.82, 2.24) is 4.90 Å². The lowest BCUT2D eigenvalue weighted by Gasteiger charge is -2.36. The molecule has 2 unspecified atom stereocenters. The minimum atomic E-state index is 0.407. The van der Waals surface area contributed by atoms with E-state index >= 15 is 0 Å². The number of rotatable bonds is 3. The maximum atomic E-state index is 6.02. The van der Waals surface area contributed by atoms with Gasteiger partial charge in [-0.1, -0.05) is 35.9 Å². The Bertz CT molecular complexity index is 182. The summed E-state index contributed by atoms with van der Waals surface area (Å²) in [6.45, 7) is 9.28. The van der Waals surface area contributed by atoms with Crippen LogP contribution < -0.4 is 5.73 Å². The lowest BCUT2D eigenvalue weighted by Crippen LogP contribution is -2.47. The van der Waals surface area contributed by atoms with Gasteiger partial charge in [0.1, 0.15) is 0 Å². The summed E-state index contributed by atoms with van der Waals surface area (Å²) in [7, 11) is 0. The smallest absolute Gasteiger partial charge is 0.0294 e. The number of nitrogens with zero attached hydrogens (tertiary/aromatic N) is 1. The lowest BCUT2D eigenvalue weighted by atomic mass is 9.91. The first-order valence-corrected chi connectivity index (χ1v) is 5.74. The quantitative estimate of drug-likeness (QED) is 0.826. The Morgan fingerprint density at radius 3 is 2.92 bits per heavy atom. The molecule has 1 aliphatic rings. The average molecular weight is 247 g/mol. The molecule has 1 rings (SSSR count). The van der Waals surface area contributed by atoms with Crippen LogP contribution in [0.3, 0.4) is 0 Å². The number of hydrogen-bond acceptors (Lipinski definition) is 2. The van der Waals surface area contributed by atoms with Gasteiger partial charge in [-0.15, -0.1) is 0 Å². The average Bonchev–Trinajstić information content (AvgIpc) is 2.07. The number of halogens is 1. The number of nitrogens with two attached hydrogens (primary N) is 1. The summed E-state index contributed by atoms with van der Waals surface area (Å²) in [5, 5.41) is 0. The van der Waals surface area contributed by atoms with Crippen LogP contribution in [0, 0.1) is 5.92 Å². The van der Waals surface area contributed by atoms with Crippen LogP contribution in [0.2, 0.25) is 0 Å². The Kier molecular flexibility index (Phi) is 4.42. The molecule has 1 fully saturated rings. The SMILES string of the molecule is C=C(Br)CN1CCC(N)C(CC)C1. The minimum absolute atomic E-state index is 0.407. The van der Waals surface area contributed by atoms with Crippen LogP contribution in [0.5, 0.6) is 0 Å². The lowest BCUT2D eigenvalue weighted by molar-refractivity contribution is 0.165. The minimum Gasteiger partial charge on any atom is -0.327 e. The van der Waals surface area contributed by atoms with Crippen molar-refractivity contribution in [1.29, 1.82) is 0 Å². The van der Waals surface area contributed by atoms with E-state index in [1.807, 2.05) is 0 Å². The van der Waals surface area contributed by atoms with Crippen LogP contribution in [-0.2, 0) is 0 Å². The van der Waals surface area contributed by atoms with E-state index < -0.39 is 0 Å². The van der Waals surface area contributed by atoms with Crippen molar-refractivity contribution < 1.29 is 0 Å². The summed E-state index contributed by atoms with van der Waals surface area (Å²) in [6.07, 6.45) is 2.31. The molecule has 3 heteroatoms. The first kappa shape index (κ1) is 11.2. The molecule has 0 aromatic rings. The van der Waals surface area contributed by atoms with Crippen molar-refractivity contribution in [2.45, 2.75) is 25.8 Å². The third-order valence-electron chi connectivity index (χ3n) is 2.80. The Labute approximate surface area is 89.3 Å². The van der Waals surface area contributed by atoms with Gasteiger partial charge in [0.2, 0.25) is 0 Å². The summed E-state index contributed by atoms with van der Waals surface area (Å²) < 4.78 is 1.07. The number of likely N-dealkylation sites (tertiary alicyclic amines) is 1. The van der Waals surface area contributed by atoms with Gasteiger partial charge >= 0.3 is 0 Å². The van der Waals surface area contributed by atoms with Crippen LogP contribution in [-0.4, -0.2) is 30.6 Å². The normalized spacial score (nSPS) is 30.4. The van der Waals surface area contributed by atoms with E-state index in [4.69, 9.17) is 5.73 Å². The van der Waals surface area contributed by atoms with Gasteiger partial charge in [-0.25, -0.2) is 0 Å². The fraction of sp³-hybridized carbons (Fsp3) is 0.800. The summed E-state index contributed by atoms with van der Waals surface area (Å²) in [6, 6.07) is 0.407. The van der Waals surface area contributed by atoms with Gasteiger partial charge in [-0.2, -0.15) is 0 Å². The zero-order chi connectivity index (χ0) is 9.84. The van der Waals surface area contributed by atoms with Gasteiger partial charge in [0.15, 0.2) is 0 Å². The summed E-state index contributed by atoms with van der Waals surface area (Å²) in [5.74, 6) is 0.667. The van der Waals surface area contributed by atoms with Crippen LogP contribution in [0.4, 0.5) is 0 Å². The molecule has 76 valence electrons. The molecule has 0 spiro atoms. The van der Waals surface area contributed by atoms with Crippen LogP contribution >= 0.6 is 15.9 Å². The molecule has 2 nitrogen and oxygen atoms in total. The zero-order valence-electron chi connectivity index (χ0n) is 8.30. The summed E-state index contributed by atoms with van der Waals surface area (Å²) in [4.78, 5) is 2.43. The second-order valence-corrected chi connectivity index (χ2v) is 4.99. The molecule has 0 saturated carbocycles. The monoisotopic (exact) mass is 246 g/mol. The van der Waals surface area contributed by atoms with Crippen molar-refractivity contribution in [3.63, 3.8) is 0 Å².